The van der Waals surface area contributed by atoms with Gasteiger partial charge in [-0.1, -0.05) is 31.4 Å². The van der Waals surface area contributed by atoms with Crippen molar-refractivity contribution >= 4 is 27.5 Å². The highest BCUT2D eigenvalue weighted by atomic mass is 32.1. The summed E-state index contributed by atoms with van der Waals surface area (Å²) in [5.74, 6) is 0.276. The Morgan fingerprint density at radius 3 is 2.76 bits per heavy atom. The van der Waals surface area contributed by atoms with Crippen LogP contribution in [0.25, 0.3) is 10.2 Å². The van der Waals surface area contributed by atoms with E-state index >= 15 is 0 Å². The predicted octanol–water partition coefficient (Wildman–Crippen LogP) is 3.86. The van der Waals surface area contributed by atoms with Crippen LogP contribution in [-0.4, -0.2) is 43.0 Å². The van der Waals surface area contributed by atoms with Crippen molar-refractivity contribution in [3.05, 3.63) is 29.3 Å². The minimum absolute atomic E-state index is 0.0944. The third-order valence-corrected chi connectivity index (χ3v) is 6.46. The van der Waals surface area contributed by atoms with E-state index in [4.69, 9.17) is 4.98 Å². The van der Waals surface area contributed by atoms with E-state index in [1.807, 2.05) is 25.1 Å². The molecule has 25 heavy (non-hydrogen) atoms. The first-order valence-electron chi connectivity index (χ1n) is 9.35. The van der Waals surface area contributed by atoms with Crippen molar-refractivity contribution in [3.63, 3.8) is 0 Å². The van der Waals surface area contributed by atoms with E-state index in [1.165, 1.54) is 29.0 Å². The van der Waals surface area contributed by atoms with Crippen molar-refractivity contribution in [3.8, 4) is 0 Å². The Hall–Kier alpha value is -1.46. The number of hydrogen-bond acceptors (Lipinski definition) is 4. The SMILES string of the molecule is CNCCN(C)C(=O)CC1(Cc2nc3ccccc3s2)CCCCC1. The van der Waals surface area contributed by atoms with Gasteiger partial charge in [-0.2, -0.15) is 0 Å². The second kappa shape index (κ2) is 8.28. The summed E-state index contributed by atoms with van der Waals surface area (Å²) in [6.07, 6.45) is 7.66. The van der Waals surface area contributed by atoms with Gasteiger partial charge in [0.05, 0.1) is 15.2 Å². The van der Waals surface area contributed by atoms with Gasteiger partial charge in [0.25, 0.3) is 0 Å². The van der Waals surface area contributed by atoms with Crippen LogP contribution in [0.4, 0.5) is 0 Å². The molecule has 1 aliphatic carbocycles. The highest BCUT2D eigenvalue weighted by molar-refractivity contribution is 7.18. The molecule has 0 bridgehead atoms. The summed E-state index contributed by atoms with van der Waals surface area (Å²) in [7, 11) is 3.85. The molecule has 1 aromatic carbocycles. The molecule has 4 nitrogen and oxygen atoms in total. The highest BCUT2D eigenvalue weighted by Crippen LogP contribution is 2.43. The standard InChI is InChI=1S/C20H29N3OS/c1-21-12-13-23(2)19(24)15-20(10-6-3-7-11-20)14-18-22-16-8-4-5-9-17(16)25-18/h4-5,8-9,21H,3,6-7,10-15H2,1-2H3. The maximum Gasteiger partial charge on any atom is 0.222 e. The van der Waals surface area contributed by atoms with Crippen molar-refractivity contribution in [2.75, 3.05) is 27.2 Å². The van der Waals surface area contributed by atoms with E-state index in [1.54, 1.807) is 11.3 Å². The van der Waals surface area contributed by atoms with Gasteiger partial charge in [0.1, 0.15) is 0 Å². The number of benzene rings is 1. The number of fused-ring (bicyclic) bond motifs is 1. The third kappa shape index (κ3) is 4.59. The monoisotopic (exact) mass is 359 g/mol. The summed E-state index contributed by atoms with van der Waals surface area (Å²) in [6.45, 7) is 1.61. The highest BCUT2D eigenvalue weighted by Gasteiger charge is 2.36. The molecule has 1 aromatic heterocycles. The zero-order valence-corrected chi connectivity index (χ0v) is 16.2. The van der Waals surface area contributed by atoms with Crippen LogP contribution in [0.2, 0.25) is 0 Å². The van der Waals surface area contributed by atoms with Crippen molar-refractivity contribution in [1.82, 2.24) is 15.2 Å². The zero-order chi connectivity index (χ0) is 17.7. The lowest BCUT2D eigenvalue weighted by Gasteiger charge is -2.37. The first-order chi connectivity index (χ1) is 12.1. The second-order valence-electron chi connectivity index (χ2n) is 7.41. The number of rotatable bonds is 7. The maximum atomic E-state index is 12.8. The number of carbonyl (C=O) groups excluding carboxylic acids is 1. The molecule has 1 aliphatic rings. The number of aromatic nitrogens is 1. The average molecular weight is 360 g/mol. The molecule has 5 heteroatoms. The number of para-hydroxylation sites is 1. The molecule has 0 spiro atoms. The lowest BCUT2D eigenvalue weighted by molar-refractivity contribution is -0.133. The lowest BCUT2D eigenvalue weighted by Crippen LogP contribution is -2.38. The average Bonchev–Trinajstić information content (AvgIpc) is 3.02. The van der Waals surface area contributed by atoms with E-state index in [9.17, 15) is 4.79 Å². The Balaban J connectivity index is 1.74. The molecular weight excluding hydrogens is 330 g/mol. The van der Waals surface area contributed by atoms with Crippen LogP contribution in [0.15, 0.2) is 24.3 Å². The Morgan fingerprint density at radius 1 is 1.28 bits per heavy atom. The number of thiazole rings is 1. The quantitative estimate of drug-likeness (QED) is 0.816. The van der Waals surface area contributed by atoms with Gasteiger partial charge in [-0.25, -0.2) is 4.98 Å². The number of carbonyl (C=O) groups is 1. The summed E-state index contributed by atoms with van der Waals surface area (Å²) in [5.41, 5.74) is 1.18. The number of likely N-dealkylation sites (N-methyl/N-ethyl adjacent to an activating group) is 2. The molecule has 1 fully saturated rings. The molecule has 1 saturated carbocycles. The number of nitrogens with one attached hydrogen (secondary N) is 1. The van der Waals surface area contributed by atoms with Crippen LogP contribution in [-0.2, 0) is 11.2 Å². The van der Waals surface area contributed by atoms with Crippen LogP contribution >= 0.6 is 11.3 Å². The van der Waals surface area contributed by atoms with Crippen LogP contribution in [0.5, 0.6) is 0 Å². The van der Waals surface area contributed by atoms with E-state index in [0.717, 1.165) is 37.9 Å². The number of amides is 1. The van der Waals surface area contributed by atoms with E-state index in [-0.39, 0.29) is 11.3 Å². The second-order valence-corrected chi connectivity index (χ2v) is 8.52. The zero-order valence-electron chi connectivity index (χ0n) is 15.4. The molecule has 2 aromatic rings. The molecule has 0 atom stereocenters. The molecule has 0 aliphatic heterocycles. The maximum absolute atomic E-state index is 12.8. The first-order valence-corrected chi connectivity index (χ1v) is 10.2. The molecule has 1 N–H and O–H groups in total. The Labute approximate surface area is 154 Å². The molecule has 1 heterocycles. The Morgan fingerprint density at radius 2 is 2.04 bits per heavy atom. The van der Waals surface area contributed by atoms with Crippen LogP contribution in [0.1, 0.15) is 43.5 Å². The topological polar surface area (TPSA) is 45.2 Å². The molecule has 136 valence electrons. The predicted molar refractivity (Wildman–Crippen MR) is 105 cm³/mol. The van der Waals surface area contributed by atoms with Gasteiger partial charge in [-0.05, 0) is 37.4 Å². The van der Waals surface area contributed by atoms with E-state index < -0.39 is 0 Å². The molecule has 0 saturated heterocycles. The summed E-state index contributed by atoms with van der Waals surface area (Å²) in [5, 5.41) is 4.31. The summed E-state index contributed by atoms with van der Waals surface area (Å²) >= 11 is 1.79. The lowest BCUT2D eigenvalue weighted by atomic mass is 9.69. The van der Waals surface area contributed by atoms with Crippen LogP contribution in [0.3, 0.4) is 0 Å². The Bertz CT molecular complexity index is 673. The fourth-order valence-corrected chi connectivity index (χ4v) is 5.04. The van der Waals surface area contributed by atoms with Gasteiger partial charge in [0.15, 0.2) is 0 Å². The first kappa shape index (κ1) is 18.3. The normalized spacial score (nSPS) is 16.9. The van der Waals surface area contributed by atoms with Gasteiger partial charge < -0.3 is 10.2 Å². The minimum atomic E-state index is 0.0944. The van der Waals surface area contributed by atoms with E-state index in [2.05, 4.69) is 23.5 Å². The van der Waals surface area contributed by atoms with Gasteiger partial charge in [0, 0.05) is 33.0 Å². The summed E-state index contributed by atoms with van der Waals surface area (Å²) < 4.78 is 1.25. The van der Waals surface area contributed by atoms with E-state index in [0.29, 0.717) is 6.42 Å². The molecule has 3 rings (SSSR count). The molecule has 0 unspecified atom stereocenters. The smallest absolute Gasteiger partial charge is 0.222 e. The fraction of sp³-hybridized carbons (Fsp3) is 0.600. The Kier molecular flexibility index (Phi) is 6.07. The largest absolute Gasteiger partial charge is 0.344 e. The van der Waals surface area contributed by atoms with Crippen molar-refractivity contribution in [2.45, 2.75) is 44.9 Å². The fourth-order valence-electron chi connectivity index (χ4n) is 3.89. The van der Waals surface area contributed by atoms with Gasteiger partial charge in [0.2, 0.25) is 5.91 Å². The van der Waals surface area contributed by atoms with Gasteiger partial charge >= 0.3 is 0 Å². The molecule has 0 radical (unpaired) electrons. The summed E-state index contributed by atoms with van der Waals surface area (Å²) in [6, 6.07) is 8.34. The van der Waals surface area contributed by atoms with Crippen molar-refractivity contribution in [1.29, 1.82) is 0 Å². The molecule has 1 amide bonds. The van der Waals surface area contributed by atoms with Crippen LogP contribution < -0.4 is 5.32 Å². The molecular formula is C20H29N3OS. The minimum Gasteiger partial charge on any atom is -0.344 e. The van der Waals surface area contributed by atoms with Gasteiger partial charge in [-0.3, -0.25) is 4.79 Å². The van der Waals surface area contributed by atoms with Crippen molar-refractivity contribution in [2.24, 2.45) is 5.41 Å². The van der Waals surface area contributed by atoms with Gasteiger partial charge in [-0.15, -0.1) is 11.3 Å². The van der Waals surface area contributed by atoms with Crippen LogP contribution in [0, 0.1) is 5.41 Å². The summed E-state index contributed by atoms with van der Waals surface area (Å²) in [4.78, 5) is 19.5. The number of nitrogens with zero attached hydrogens (tertiary/aromatic N) is 2. The number of hydrogen-bond donors (Lipinski definition) is 1. The third-order valence-electron chi connectivity index (χ3n) is 5.43. The van der Waals surface area contributed by atoms with Crippen molar-refractivity contribution < 1.29 is 4.79 Å².